The Morgan fingerprint density at radius 3 is 2.76 bits per heavy atom. The van der Waals surface area contributed by atoms with Gasteiger partial charge >= 0.3 is 0 Å². The van der Waals surface area contributed by atoms with Crippen LogP contribution in [0.3, 0.4) is 0 Å². The van der Waals surface area contributed by atoms with Crippen molar-refractivity contribution in [3.05, 3.63) is 42.2 Å². The second-order valence-electron chi connectivity index (χ2n) is 3.77. The van der Waals surface area contributed by atoms with Crippen molar-refractivity contribution in [2.75, 3.05) is 6.54 Å². The highest BCUT2D eigenvalue weighted by molar-refractivity contribution is 7.19. The summed E-state index contributed by atoms with van der Waals surface area (Å²) in [6.07, 6.45) is 2.75. The van der Waals surface area contributed by atoms with E-state index in [0.717, 1.165) is 27.6 Å². The van der Waals surface area contributed by atoms with Gasteiger partial charge in [-0.1, -0.05) is 41.7 Å². The molecule has 0 unspecified atom stereocenters. The van der Waals surface area contributed by atoms with Gasteiger partial charge < -0.3 is 5.73 Å². The number of benzene rings is 1. The molecule has 2 heterocycles. The van der Waals surface area contributed by atoms with E-state index in [1.165, 1.54) is 0 Å². The van der Waals surface area contributed by atoms with E-state index in [2.05, 4.69) is 22.2 Å². The fourth-order valence-corrected chi connectivity index (χ4v) is 2.62. The minimum atomic E-state index is 0.621. The molecule has 0 aliphatic rings. The van der Waals surface area contributed by atoms with Crippen LogP contribution in [0.1, 0.15) is 5.69 Å². The predicted molar refractivity (Wildman–Crippen MR) is 69.1 cm³/mol. The summed E-state index contributed by atoms with van der Waals surface area (Å²) >= 11 is 1.60. The molecule has 4 nitrogen and oxygen atoms in total. The number of nitrogens with two attached hydrogens (primary N) is 1. The smallest absolute Gasteiger partial charge is 0.212 e. The third-order valence-corrected chi connectivity index (χ3v) is 3.49. The first-order chi connectivity index (χ1) is 8.36. The van der Waals surface area contributed by atoms with Gasteiger partial charge in [-0.2, -0.15) is 5.10 Å². The van der Waals surface area contributed by atoms with E-state index in [9.17, 15) is 0 Å². The Kier molecular flexibility index (Phi) is 2.62. The first kappa shape index (κ1) is 10.4. The molecule has 0 fully saturated rings. The minimum Gasteiger partial charge on any atom is -0.330 e. The van der Waals surface area contributed by atoms with Crippen LogP contribution in [0.4, 0.5) is 0 Å². The van der Waals surface area contributed by atoms with Gasteiger partial charge in [-0.15, -0.1) is 0 Å². The Balaban J connectivity index is 2.01. The van der Waals surface area contributed by atoms with Crippen molar-refractivity contribution in [3.8, 4) is 10.6 Å². The normalized spacial score (nSPS) is 11.1. The Labute approximate surface area is 103 Å². The molecular weight excluding hydrogens is 232 g/mol. The van der Waals surface area contributed by atoms with Crippen LogP contribution < -0.4 is 5.73 Å². The second kappa shape index (κ2) is 4.27. The lowest BCUT2D eigenvalue weighted by Gasteiger charge is -1.92. The predicted octanol–water partition coefficient (Wildman–Crippen LogP) is 1.96. The van der Waals surface area contributed by atoms with E-state index in [1.807, 2.05) is 28.9 Å². The number of hydrogen-bond acceptors (Lipinski definition) is 4. The lowest BCUT2D eigenvalue weighted by Crippen LogP contribution is -2.02. The Morgan fingerprint density at radius 1 is 1.24 bits per heavy atom. The molecule has 86 valence electrons. The summed E-state index contributed by atoms with van der Waals surface area (Å²) in [6, 6.07) is 10.1. The molecule has 1 aromatic carbocycles. The Hall–Kier alpha value is -1.72. The molecule has 0 amide bonds. The van der Waals surface area contributed by atoms with Crippen molar-refractivity contribution >= 4 is 16.3 Å². The van der Waals surface area contributed by atoms with Gasteiger partial charge in [0.25, 0.3) is 0 Å². The summed E-state index contributed by atoms with van der Waals surface area (Å²) in [4.78, 5) is 5.41. The molecule has 2 N–H and O–H groups in total. The van der Waals surface area contributed by atoms with Crippen molar-refractivity contribution in [3.63, 3.8) is 0 Å². The molecule has 0 atom stereocenters. The molecule has 0 saturated carbocycles. The van der Waals surface area contributed by atoms with Gasteiger partial charge in [0.1, 0.15) is 5.01 Å². The third-order valence-electron chi connectivity index (χ3n) is 2.51. The minimum absolute atomic E-state index is 0.621. The lowest BCUT2D eigenvalue weighted by molar-refractivity contribution is 0.924. The maximum absolute atomic E-state index is 5.51. The highest BCUT2D eigenvalue weighted by atomic mass is 32.1. The summed E-state index contributed by atoms with van der Waals surface area (Å²) in [7, 11) is 0. The summed E-state index contributed by atoms with van der Waals surface area (Å²) in [6.45, 7) is 0.621. The Morgan fingerprint density at radius 2 is 2.06 bits per heavy atom. The number of rotatable bonds is 3. The lowest BCUT2D eigenvalue weighted by atomic mass is 10.2. The van der Waals surface area contributed by atoms with Crippen LogP contribution in [0.5, 0.6) is 0 Å². The van der Waals surface area contributed by atoms with E-state index in [0.29, 0.717) is 6.54 Å². The summed E-state index contributed by atoms with van der Waals surface area (Å²) in [5.74, 6) is 0. The monoisotopic (exact) mass is 244 g/mol. The Bertz CT molecular complexity index is 595. The summed E-state index contributed by atoms with van der Waals surface area (Å²) in [5.41, 5.74) is 7.64. The van der Waals surface area contributed by atoms with E-state index < -0.39 is 0 Å². The van der Waals surface area contributed by atoms with Crippen molar-refractivity contribution in [1.29, 1.82) is 0 Å². The molecule has 3 rings (SSSR count). The van der Waals surface area contributed by atoms with Crippen molar-refractivity contribution < 1.29 is 0 Å². The topological polar surface area (TPSA) is 56.2 Å². The molecule has 3 aromatic rings. The molecule has 2 aromatic heterocycles. The van der Waals surface area contributed by atoms with E-state index in [4.69, 9.17) is 5.73 Å². The molecule has 0 aliphatic carbocycles. The fraction of sp³-hybridized carbons (Fsp3) is 0.167. The zero-order chi connectivity index (χ0) is 11.7. The highest BCUT2D eigenvalue weighted by Gasteiger charge is 2.08. The fourth-order valence-electron chi connectivity index (χ4n) is 1.71. The molecular formula is C12H12N4S. The maximum atomic E-state index is 5.51. The molecule has 5 heteroatoms. The van der Waals surface area contributed by atoms with Gasteiger partial charge in [0.15, 0.2) is 0 Å². The average Bonchev–Trinajstić information content (AvgIpc) is 2.88. The van der Waals surface area contributed by atoms with Gasteiger partial charge in [0.05, 0.1) is 11.9 Å². The first-order valence-corrected chi connectivity index (χ1v) is 6.29. The van der Waals surface area contributed by atoms with Gasteiger partial charge in [-0.25, -0.2) is 9.50 Å². The molecule has 0 bridgehead atoms. The van der Waals surface area contributed by atoms with Crippen LogP contribution in [0.2, 0.25) is 0 Å². The molecule has 17 heavy (non-hydrogen) atoms. The van der Waals surface area contributed by atoms with E-state index in [-0.39, 0.29) is 0 Å². The number of fused-ring (bicyclic) bond motifs is 1. The van der Waals surface area contributed by atoms with Crippen LogP contribution >= 0.6 is 11.3 Å². The quantitative estimate of drug-likeness (QED) is 0.766. The standard InChI is InChI=1S/C12H12N4S/c13-7-6-10-8-16-12(14-10)17-11(15-16)9-4-2-1-3-5-9/h1-5,8H,6-7,13H2. The van der Waals surface area contributed by atoms with Crippen molar-refractivity contribution in [1.82, 2.24) is 14.6 Å². The third kappa shape index (κ3) is 1.94. The molecule has 0 spiro atoms. The van der Waals surface area contributed by atoms with Crippen LogP contribution in [-0.2, 0) is 6.42 Å². The second-order valence-corrected chi connectivity index (χ2v) is 4.73. The largest absolute Gasteiger partial charge is 0.330 e. The number of imidazole rings is 1. The summed E-state index contributed by atoms with van der Waals surface area (Å²) in [5, 5.41) is 5.51. The maximum Gasteiger partial charge on any atom is 0.212 e. The van der Waals surface area contributed by atoms with E-state index in [1.54, 1.807) is 11.3 Å². The van der Waals surface area contributed by atoms with Crippen LogP contribution in [0.25, 0.3) is 15.5 Å². The van der Waals surface area contributed by atoms with E-state index >= 15 is 0 Å². The SMILES string of the molecule is NCCc1cn2nc(-c3ccccc3)sc2n1. The zero-order valence-electron chi connectivity index (χ0n) is 9.21. The molecule has 0 aliphatic heterocycles. The van der Waals surface area contributed by atoms with Crippen LogP contribution in [0, 0.1) is 0 Å². The first-order valence-electron chi connectivity index (χ1n) is 5.47. The molecule has 0 saturated heterocycles. The van der Waals surface area contributed by atoms with Crippen molar-refractivity contribution in [2.45, 2.75) is 6.42 Å². The number of aromatic nitrogens is 3. The average molecular weight is 244 g/mol. The number of nitrogens with zero attached hydrogens (tertiary/aromatic N) is 3. The van der Waals surface area contributed by atoms with Gasteiger partial charge in [-0.05, 0) is 6.54 Å². The van der Waals surface area contributed by atoms with Gasteiger partial charge in [-0.3, -0.25) is 0 Å². The highest BCUT2D eigenvalue weighted by Crippen LogP contribution is 2.25. The van der Waals surface area contributed by atoms with Crippen LogP contribution in [0.15, 0.2) is 36.5 Å². The molecule has 0 radical (unpaired) electrons. The van der Waals surface area contributed by atoms with Crippen molar-refractivity contribution in [2.24, 2.45) is 5.73 Å². The summed E-state index contributed by atoms with van der Waals surface area (Å²) < 4.78 is 1.83. The number of hydrogen-bond donors (Lipinski definition) is 1. The zero-order valence-corrected chi connectivity index (χ0v) is 10.0. The van der Waals surface area contributed by atoms with Gasteiger partial charge in [0.2, 0.25) is 4.96 Å². The van der Waals surface area contributed by atoms with Gasteiger partial charge in [0, 0.05) is 12.0 Å². The van der Waals surface area contributed by atoms with Crippen LogP contribution in [-0.4, -0.2) is 21.1 Å².